The zero-order chi connectivity index (χ0) is 9.52. The summed E-state index contributed by atoms with van der Waals surface area (Å²) in [7, 11) is 1.71. The third-order valence-electron chi connectivity index (χ3n) is 1.73. The molecule has 13 heavy (non-hydrogen) atoms. The van der Waals surface area contributed by atoms with E-state index in [1.165, 1.54) is 6.33 Å². The molecule has 0 amide bonds. The minimum Gasteiger partial charge on any atom is -0.385 e. The van der Waals surface area contributed by atoms with Crippen molar-refractivity contribution in [3.05, 3.63) is 18.7 Å². The Labute approximate surface area is 78.4 Å². The van der Waals surface area contributed by atoms with Gasteiger partial charge in [-0.25, -0.2) is 9.97 Å². The van der Waals surface area contributed by atoms with E-state index in [1.807, 2.05) is 0 Å². The van der Waals surface area contributed by atoms with Crippen LogP contribution in [0, 0.1) is 0 Å². The molecule has 1 rings (SSSR count). The Balaban J connectivity index is 2.32. The van der Waals surface area contributed by atoms with Crippen LogP contribution in [0.1, 0.15) is 13.3 Å². The van der Waals surface area contributed by atoms with Gasteiger partial charge >= 0.3 is 0 Å². The van der Waals surface area contributed by atoms with Crippen molar-refractivity contribution < 1.29 is 4.74 Å². The average molecular weight is 181 g/mol. The first-order chi connectivity index (χ1) is 6.33. The second kappa shape index (κ2) is 5.48. The van der Waals surface area contributed by atoms with Gasteiger partial charge in [0, 0.05) is 19.8 Å². The highest BCUT2D eigenvalue weighted by atomic mass is 16.5. The van der Waals surface area contributed by atoms with Gasteiger partial charge in [-0.1, -0.05) is 0 Å². The van der Waals surface area contributed by atoms with E-state index in [4.69, 9.17) is 4.74 Å². The molecule has 0 saturated carbocycles. The molecule has 0 radical (unpaired) electrons. The molecule has 1 atom stereocenters. The summed E-state index contributed by atoms with van der Waals surface area (Å²) in [4.78, 5) is 7.83. The molecule has 1 heterocycles. The third kappa shape index (κ3) is 3.85. The lowest BCUT2D eigenvalue weighted by Crippen LogP contribution is -2.17. The van der Waals surface area contributed by atoms with Gasteiger partial charge in [0.1, 0.15) is 6.33 Å². The molecule has 0 spiro atoms. The van der Waals surface area contributed by atoms with Gasteiger partial charge in [-0.2, -0.15) is 0 Å². The molecule has 0 fully saturated rings. The van der Waals surface area contributed by atoms with E-state index in [0.29, 0.717) is 6.04 Å². The number of aromatic nitrogens is 2. The largest absolute Gasteiger partial charge is 0.385 e. The average Bonchev–Trinajstić information content (AvgIpc) is 2.16. The van der Waals surface area contributed by atoms with Gasteiger partial charge in [0.2, 0.25) is 0 Å². The molecule has 72 valence electrons. The maximum atomic E-state index is 4.98. The molecular formula is C9H15N3O. The first kappa shape index (κ1) is 9.92. The quantitative estimate of drug-likeness (QED) is 0.744. The molecule has 1 aromatic rings. The molecule has 0 bridgehead atoms. The second-order valence-corrected chi connectivity index (χ2v) is 2.95. The number of nitrogens with one attached hydrogen (secondary N) is 1. The van der Waals surface area contributed by atoms with Crippen LogP contribution < -0.4 is 5.32 Å². The van der Waals surface area contributed by atoms with Crippen molar-refractivity contribution in [1.82, 2.24) is 9.97 Å². The topological polar surface area (TPSA) is 47.0 Å². The maximum absolute atomic E-state index is 4.98. The fraction of sp³-hybridized carbons (Fsp3) is 0.556. The molecule has 0 saturated heterocycles. The van der Waals surface area contributed by atoms with E-state index in [0.717, 1.165) is 18.7 Å². The predicted octanol–water partition coefficient (Wildman–Crippen LogP) is 1.31. The standard InChI is InChI=1S/C9H15N3O/c1-8(3-4-13-2)12-9-5-10-7-11-6-9/h5-8,12H,3-4H2,1-2H3. The van der Waals surface area contributed by atoms with Crippen molar-refractivity contribution in [2.24, 2.45) is 0 Å². The zero-order valence-corrected chi connectivity index (χ0v) is 8.03. The van der Waals surface area contributed by atoms with Gasteiger partial charge in [-0.3, -0.25) is 0 Å². The number of nitrogens with zero attached hydrogens (tertiary/aromatic N) is 2. The number of ether oxygens (including phenoxy) is 1. The molecule has 1 N–H and O–H groups in total. The Morgan fingerprint density at radius 2 is 2.15 bits per heavy atom. The first-order valence-electron chi connectivity index (χ1n) is 4.33. The number of anilines is 1. The summed E-state index contributed by atoms with van der Waals surface area (Å²) in [6.07, 6.45) is 6.02. The van der Waals surface area contributed by atoms with Gasteiger partial charge in [-0.15, -0.1) is 0 Å². The summed E-state index contributed by atoms with van der Waals surface area (Å²) in [5.41, 5.74) is 0.950. The summed E-state index contributed by atoms with van der Waals surface area (Å²) in [5, 5.41) is 3.27. The Kier molecular flexibility index (Phi) is 4.18. The van der Waals surface area contributed by atoms with Crippen molar-refractivity contribution >= 4 is 5.69 Å². The molecule has 1 unspecified atom stereocenters. The van der Waals surface area contributed by atoms with Crippen LogP contribution in [0.25, 0.3) is 0 Å². The lowest BCUT2D eigenvalue weighted by Gasteiger charge is -2.13. The lowest BCUT2D eigenvalue weighted by atomic mass is 10.2. The fourth-order valence-corrected chi connectivity index (χ4v) is 1.02. The van der Waals surface area contributed by atoms with Crippen molar-refractivity contribution in [3.63, 3.8) is 0 Å². The normalized spacial score (nSPS) is 12.5. The second-order valence-electron chi connectivity index (χ2n) is 2.95. The van der Waals surface area contributed by atoms with Crippen LogP contribution in [0.4, 0.5) is 5.69 Å². The number of methoxy groups -OCH3 is 1. The molecule has 4 nitrogen and oxygen atoms in total. The zero-order valence-electron chi connectivity index (χ0n) is 8.03. The fourth-order valence-electron chi connectivity index (χ4n) is 1.02. The van der Waals surface area contributed by atoms with E-state index in [9.17, 15) is 0 Å². The highest BCUT2D eigenvalue weighted by Crippen LogP contribution is 2.04. The van der Waals surface area contributed by atoms with Crippen LogP contribution >= 0.6 is 0 Å². The van der Waals surface area contributed by atoms with Gasteiger partial charge in [0.25, 0.3) is 0 Å². The van der Waals surface area contributed by atoms with Crippen LogP contribution in [0.15, 0.2) is 18.7 Å². The first-order valence-corrected chi connectivity index (χ1v) is 4.33. The Bertz CT molecular complexity index is 228. The smallest absolute Gasteiger partial charge is 0.115 e. The van der Waals surface area contributed by atoms with Crippen LogP contribution in [0.3, 0.4) is 0 Å². The SMILES string of the molecule is COCCC(C)Nc1cncnc1. The summed E-state index contributed by atoms with van der Waals surface area (Å²) in [6.45, 7) is 2.87. The summed E-state index contributed by atoms with van der Waals surface area (Å²) in [6, 6.07) is 0.381. The van der Waals surface area contributed by atoms with Crippen LogP contribution in [-0.4, -0.2) is 29.7 Å². The van der Waals surface area contributed by atoms with Crippen molar-refractivity contribution in [3.8, 4) is 0 Å². The van der Waals surface area contributed by atoms with Gasteiger partial charge in [0.05, 0.1) is 18.1 Å². The van der Waals surface area contributed by atoms with Crippen LogP contribution in [0.5, 0.6) is 0 Å². The van der Waals surface area contributed by atoms with E-state index in [-0.39, 0.29) is 0 Å². The van der Waals surface area contributed by atoms with E-state index >= 15 is 0 Å². The van der Waals surface area contributed by atoms with Crippen LogP contribution in [-0.2, 0) is 4.74 Å². The summed E-state index contributed by atoms with van der Waals surface area (Å²) in [5.74, 6) is 0. The van der Waals surface area contributed by atoms with Crippen molar-refractivity contribution in [1.29, 1.82) is 0 Å². The molecule has 0 aliphatic heterocycles. The molecular weight excluding hydrogens is 166 g/mol. The number of hydrogen-bond acceptors (Lipinski definition) is 4. The molecule has 1 aromatic heterocycles. The monoisotopic (exact) mass is 181 g/mol. The highest BCUT2D eigenvalue weighted by Gasteiger charge is 2.00. The third-order valence-corrected chi connectivity index (χ3v) is 1.73. The minimum atomic E-state index is 0.381. The molecule has 4 heteroatoms. The highest BCUT2D eigenvalue weighted by molar-refractivity contribution is 5.37. The maximum Gasteiger partial charge on any atom is 0.115 e. The Morgan fingerprint density at radius 1 is 1.46 bits per heavy atom. The predicted molar refractivity (Wildman–Crippen MR) is 51.6 cm³/mol. The van der Waals surface area contributed by atoms with E-state index in [1.54, 1.807) is 19.5 Å². The molecule has 0 aliphatic rings. The molecule has 0 aromatic carbocycles. The number of hydrogen-bond donors (Lipinski definition) is 1. The Morgan fingerprint density at radius 3 is 2.77 bits per heavy atom. The molecule has 0 aliphatic carbocycles. The van der Waals surface area contributed by atoms with E-state index in [2.05, 4.69) is 22.2 Å². The van der Waals surface area contributed by atoms with Crippen molar-refractivity contribution in [2.75, 3.05) is 19.0 Å². The summed E-state index contributed by atoms with van der Waals surface area (Å²) < 4.78 is 4.98. The Hall–Kier alpha value is -1.16. The minimum absolute atomic E-state index is 0.381. The summed E-state index contributed by atoms with van der Waals surface area (Å²) >= 11 is 0. The number of rotatable bonds is 5. The van der Waals surface area contributed by atoms with Gasteiger partial charge in [0.15, 0.2) is 0 Å². The van der Waals surface area contributed by atoms with Gasteiger partial charge < -0.3 is 10.1 Å². The lowest BCUT2D eigenvalue weighted by molar-refractivity contribution is 0.191. The van der Waals surface area contributed by atoms with E-state index < -0.39 is 0 Å². The van der Waals surface area contributed by atoms with Crippen molar-refractivity contribution in [2.45, 2.75) is 19.4 Å². The van der Waals surface area contributed by atoms with Gasteiger partial charge in [-0.05, 0) is 13.3 Å². The van der Waals surface area contributed by atoms with Crippen LogP contribution in [0.2, 0.25) is 0 Å².